The average Bonchev–Trinajstić information content (AvgIpc) is 3.00. The minimum atomic E-state index is -0.648. The monoisotopic (exact) mass is 643 g/mol. The minimum Gasteiger partial charge on any atom is -0.325 e. The largest absolute Gasteiger partial charge is 0.325 e. The molecule has 1 radical (unpaired) electrons. The van der Waals surface area contributed by atoms with Crippen LogP contribution in [0.3, 0.4) is 0 Å². The number of Topliss-reactive ketones (excluding diaryl/α,β-unsaturated/α-hetero) is 2. The van der Waals surface area contributed by atoms with E-state index in [1.165, 1.54) is 116 Å². The van der Waals surface area contributed by atoms with Crippen LogP contribution in [0.15, 0.2) is 24.3 Å². The highest BCUT2D eigenvalue weighted by Crippen LogP contribution is 2.41. The third kappa shape index (κ3) is 24.0. The van der Waals surface area contributed by atoms with Gasteiger partial charge in [0.25, 0.3) is 0 Å². The van der Waals surface area contributed by atoms with Gasteiger partial charge in [0.15, 0.2) is 0 Å². The number of nitrogens with two attached hydrogens (primary N) is 1. The third-order valence-electron chi connectivity index (χ3n) is 10.1. The Bertz CT molecular complexity index is 720. The minimum absolute atomic E-state index is 0.0268. The SMILES string of the molecule is CCCCCCCC/C=C\CCCCCCCC(=O)[C](C(=O)CCCCCCC/C=C\CCCCCCCC)C(C)(C)C(C)(C)N. The summed E-state index contributed by atoms with van der Waals surface area (Å²) in [5.41, 5.74) is 5.24. The lowest BCUT2D eigenvalue weighted by molar-refractivity contribution is -0.128. The van der Waals surface area contributed by atoms with Gasteiger partial charge in [0.05, 0.1) is 0 Å². The Morgan fingerprint density at radius 3 is 0.978 bits per heavy atom. The summed E-state index contributed by atoms with van der Waals surface area (Å²) in [6.45, 7) is 12.4. The molecule has 0 saturated heterocycles. The van der Waals surface area contributed by atoms with Gasteiger partial charge in [-0.15, -0.1) is 0 Å². The van der Waals surface area contributed by atoms with Crippen LogP contribution >= 0.6 is 0 Å². The Hall–Kier alpha value is -1.22. The first-order valence-electron chi connectivity index (χ1n) is 20.1. The third-order valence-corrected chi connectivity index (χ3v) is 10.1. The zero-order chi connectivity index (χ0) is 34.4. The molecule has 0 aromatic carbocycles. The van der Waals surface area contributed by atoms with E-state index in [1.54, 1.807) is 0 Å². The smallest absolute Gasteiger partial charge is 0.148 e. The first kappa shape index (κ1) is 44.8. The summed E-state index contributed by atoms with van der Waals surface area (Å²) in [5, 5.41) is 0. The van der Waals surface area contributed by atoms with Crippen LogP contribution in [0.4, 0.5) is 0 Å². The fourth-order valence-corrected chi connectivity index (χ4v) is 6.14. The van der Waals surface area contributed by atoms with Crippen molar-refractivity contribution in [2.24, 2.45) is 11.1 Å². The van der Waals surface area contributed by atoms with E-state index in [0.717, 1.165) is 51.4 Å². The van der Waals surface area contributed by atoms with E-state index in [2.05, 4.69) is 38.2 Å². The standard InChI is InChI=1S/C43H80NO2/c1-7-9-11-13-15-17-19-21-23-25-27-29-31-33-35-37-39(45)41(42(3,4)43(5,6)44)40(46)38-36-34-32-30-28-26-24-22-20-18-16-14-12-10-8-2/h21-24H,7-20,25-38,44H2,1-6H3/b23-21-,24-22-. The quantitative estimate of drug-likeness (QED) is 0.0431. The van der Waals surface area contributed by atoms with Gasteiger partial charge in [-0.2, -0.15) is 0 Å². The van der Waals surface area contributed by atoms with Crippen LogP contribution in [0.25, 0.3) is 0 Å². The van der Waals surface area contributed by atoms with Crippen molar-refractivity contribution >= 4 is 11.6 Å². The molecule has 0 heterocycles. The second-order valence-corrected chi connectivity index (χ2v) is 15.2. The molecule has 0 atom stereocenters. The highest BCUT2D eigenvalue weighted by molar-refractivity contribution is 6.17. The molecular formula is C43H80NO2. The van der Waals surface area contributed by atoms with E-state index in [1.807, 2.05) is 27.7 Å². The summed E-state index contributed by atoms with van der Waals surface area (Å²) in [7, 11) is 0. The van der Waals surface area contributed by atoms with Gasteiger partial charge in [-0.25, -0.2) is 0 Å². The van der Waals surface area contributed by atoms with E-state index in [-0.39, 0.29) is 11.6 Å². The predicted octanol–water partition coefficient (Wildman–Crippen LogP) is 13.5. The molecule has 0 rings (SSSR count). The van der Waals surface area contributed by atoms with E-state index < -0.39 is 11.0 Å². The molecule has 2 N–H and O–H groups in total. The molecule has 0 aliphatic carbocycles. The highest BCUT2D eigenvalue weighted by atomic mass is 16.2. The van der Waals surface area contributed by atoms with Crippen molar-refractivity contribution in [1.29, 1.82) is 0 Å². The fraction of sp³-hybridized carbons (Fsp3) is 0.837. The van der Waals surface area contributed by atoms with Crippen molar-refractivity contribution in [2.45, 2.75) is 227 Å². The first-order chi connectivity index (χ1) is 22.1. The Morgan fingerprint density at radius 2 is 0.696 bits per heavy atom. The van der Waals surface area contributed by atoms with Gasteiger partial charge in [-0.05, 0) is 78.1 Å². The Balaban J connectivity index is 4.24. The molecule has 0 aromatic heterocycles. The van der Waals surface area contributed by atoms with Gasteiger partial charge < -0.3 is 5.73 Å². The van der Waals surface area contributed by atoms with Crippen molar-refractivity contribution in [2.75, 3.05) is 0 Å². The van der Waals surface area contributed by atoms with Gasteiger partial charge in [0.1, 0.15) is 17.5 Å². The maximum Gasteiger partial charge on any atom is 0.148 e. The lowest BCUT2D eigenvalue weighted by atomic mass is 9.62. The highest BCUT2D eigenvalue weighted by Gasteiger charge is 2.47. The number of carbonyl (C=O) groups is 2. The van der Waals surface area contributed by atoms with Gasteiger partial charge >= 0.3 is 0 Å². The normalized spacial score (nSPS) is 12.7. The molecule has 0 fully saturated rings. The van der Waals surface area contributed by atoms with Crippen LogP contribution in [-0.2, 0) is 9.59 Å². The molecule has 3 heteroatoms. The summed E-state index contributed by atoms with van der Waals surface area (Å²) in [4.78, 5) is 26.9. The lowest BCUT2D eigenvalue weighted by Gasteiger charge is -2.42. The Labute approximate surface area is 288 Å². The molecule has 3 nitrogen and oxygen atoms in total. The van der Waals surface area contributed by atoms with Gasteiger partial charge in [-0.1, -0.05) is 155 Å². The zero-order valence-corrected chi connectivity index (χ0v) is 32.0. The molecule has 0 aromatic rings. The van der Waals surface area contributed by atoms with Gasteiger partial charge in [0.2, 0.25) is 0 Å². The Morgan fingerprint density at radius 1 is 0.435 bits per heavy atom. The molecule has 0 spiro atoms. The summed E-state index contributed by atoms with van der Waals surface area (Å²) >= 11 is 0. The fourth-order valence-electron chi connectivity index (χ4n) is 6.14. The molecule has 269 valence electrons. The van der Waals surface area contributed by atoms with E-state index in [9.17, 15) is 9.59 Å². The topological polar surface area (TPSA) is 60.2 Å². The number of hydrogen-bond acceptors (Lipinski definition) is 3. The number of allylic oxidation sites excluding steroid dienone is 4. The van der Waals surface area contributed by atoms with Crippen molar-refractivity contribution in [3.8, 4) is 0 Å². The number of unbranched alkanes of at least 4 members (excludes halogenated alkanes) is 22. The van der Waals surface area contributed by atoms with Crippen molar-refractivity contribution in [1.82, 2.24) is 0 Å². The predicted molar refractivity (Wildman–Crippen MR) is 204 cm³/mol. The van der Waals surface area contributed by atoms with Crippen LogP contribution in [0, 0.1) is 11.3 Å². The molecule has 46 heavy (non-hydrogen) atoms. The summed E-state index contributed by atoms with van der Waals surface area (Å²) in [6, 6.07) is 0. The first-order valence-corrected chi connectivity index (χ1v) is 20.1. The lowest BCUT2D eigenvalue weighted by Crippen LogP contribution is -2.54. The van der Waals surface area contributed by atoms with E-state index in [4.69, 9.17) is 5.73 Å². The number of rotatable bonds is 34. The molecule has 0 unspecified atom stereocenters. The second-order valence-electron chi connectivity index (χ2n) is 15.2. The Kier molecular flexibility index (Phi) is 29.1. The van der Waals surface area contributed by atoms with Crippen LogP contribution in [0.1, 0.15) is 221 Å². The summed E-state index contributed by atoms with van der Waals surface area (Å²) in [5.74, 6) is 0.517. The van der Waals surface area contributed by atoms with Gasteiger partial charge in [-0.3, -0.25) is 9.59 Å². The molecule has 0 saturated carbocycles. The van der Waals surface area contributed by atoms with Crippen molar-refractivity contribution in [3.05, 3.63) is 30.2 Å². The zero-order valence-electron chi connectivity index (χ0n) is 32.0. The van der Waals surface area contributed by atoms with Crippen LogP contribution in [0.2, 0.25) is 0 Å². The van der Waals surface area contributed by atoms with E-state index in [0.29, 0.717) is 18.8 Å². The second kappa shape index (κ2) is 29.9. The van der Waals surface area contributed by atoms with Crippen LogP contribution < -0.4 is 5.73 Å². The van der Waals surface area contributed by atoms with Crippen LogP contribution in [-0.4, -0.2) is 17.1 Å². The average molecular weight is 643 g/mol. The number of ketones is 2. The molecule has 0 aliphatic rings. The number of carbonyl (C=O) groups excluding carboxylic acids is 2. The summed E-state index contributed by atoms with van der Waals surface area (Å²) in [6.07, 6.45) is 42.5. The molecule has 0 bridgehead atoms. The molecule has 0 aliphatic heterocycles. The molecule has 0 amide bonds. The van der Waals surface area contributed by atoms with E-state index >= 15 is 0 Å². The van der Waals surface area contributed by atoms with Crippen molar-refractivity contribution in [3.63, 3.8) is 0 Å². The van der Waals surface area contributed by atoms with Crippen molar-refractivity contribution < 1.29 is 9.59 Å². The van der Waals surface area contributed by atoms with Crippen LogP contribution in [0.5, 0.6) is 0 Å². The van der Waals surface area contributed by atoms with Gasteiger partial charge in [0, 0.05) is 23.8 Å². The molecular weight excluding hydrogens is 562 g/mol. The summed E-state index contributed by atoms with van der Waals surface area (Å²) < 4.78 is 0. The number of hydrogen-bond donors (Lipinski definition) is 1. The maximum absolute atomic E-state index is 13.4. The maximum atomic E-state index is 13.4.